The van der Waals surface area contributed by atoms with E-state index < -0.39 is 0 Å². The van der Waals surface area contributed by atoms with Gasteiger partial charge in [-0.15, -0.1) is 0 Å². The Bertz CT molecular complexity index is 1070. The van der Waals surface area contributed by atoms with Gasteiger partial charge in [0.2, 0.25) is 0 Å². The molecule has 0 heterocycles. The van der Waals surface area contributed by atoms with Crippen LogP contribution in [0.15, 0.2) is 60.7 Å². The van der Waals surface area contributed by atoms with Gasteiger partial charge < -0.3 is 4.74 Å². The molecule has 2 rings (SSSR count). The van der Waals surface area contributed by atoms with Crippen LogP contribution in [0.3, 0.4) is 0 Å². The van der Waals surface area contributed by atoms with E-state index >= 15 is 0 Å². The summed E-state index contributed by atoms with van der Waals surface area (Å²) < 4.78 is 11.0. The van der Waals surface area contributed by atoms with E-state index in [2.05, 4.69) is 24.4 Å². The molecule has 0 bridgehead atoms. The number of hydrogen-bond donors (Lipinski definition) is 2. The molecule has 1 amide bonds. The summed E-state index contributed by atoms with van der Waals surface area (Å²) in [6.45, 7) is 2.66. The van der Waals surface area contributed by atoms with Crippen LogP contribution in [-0.2, 0) is 27.3 Å². The number of ether oxygens (including phenoxy) is 2. The van der Waals surface area contributed by atoms with Gasteiger partial charge in [-0.2, -0.15) is 0 Å². The van der Waals surface area contributed by atoms with E-state index in [-0.39, 0.29) is 23.7 Å². The predicted octanol–water partition coefficient (Wildman–Crippen LogP) is 8.75. The van der Waals surface area contributed by atoms with Gasteiger partial charge in [0.15, 0.2) is 0 Å². The fourth-order valence-electron chi connectivity index (χ4n) is 4.94. The third kappa shape index (κ3) is 18.1. The molecule has 0 unspecified atom stereocenters. The van der Waals surface area contributed by atoms with E-state index in [9.17, 15) is 14.7 Å². The zero-order valence-corrected chi connectivity index (χ0v) is 28.8. The minimum Gasteiger partial charge on any atom is -0.462 e. The van der Waals surface area contributed by atoms with Gasteiger partial charge in [0, 0.05) is 0 Å². The molecule has 0 fully saturated rings. The Labute approximate surface area is 272 Å². The zero-order chi connectivity index (χ0) is 31.7. The maximum atomic E-state index is 12.5. The number of methoxy groups -OCH3 is 1. The summed E-state index contributed by atoms with van der Waals surface area (Å²) in [7, 11) is 1.52. The molecule has 44 heavy (non-hydrogen) atoms. The van der Waals surface area contributed by atoms with Crippen LogP contribution < -0.4 is 10.1 Å². The predicted molar refractivity (Wildman–Crippen MR) is 181 cm³/mol. The number of unbranched alkanes of at least 4 members (excludes halogenated alkanes) is 9. The smallest absolute Gasteiger partial charge is 0.310 e. The monoisotopic (exact) mass is 673 g/mol. The van der Waals surface area contributed by atoms with Crippen LogP contribution in [-0.4, -0.2) is 45.2 Å². The average Bonchev–Trinajstić information content (AvgIpc) is 3.03. The zero-order valence-electron chi connectivity index (χ0n) is 27.1. The number of phenols is 1. The third-order valence-electron chi connectivity index (χ3n) is 7.55. The summed E-state index contributed by atoms with van der Waals surface area (Å²) in [4.78, 5) is 24.6. The molecule has 0 saturated carbocycles. The molecule has 0 aliphatic rings. The molecule has 0 aliphatic heterocycles. The summed E-state index contributed by atoms with van der Waals surface area (Å²) in [5, 5.41) is 14.9. The van der Waals surface area contributed by atoms with Gasteiger partial charge in [0.25, 0.3) is 0 Å². The number of carbonyl (C=O) groups excluding carboxylic acids is 2. The van der Waals surface area contributed by atoms with Crippen LogP contribution in [0, 0.1) is 0 Å². The SMILES string of the molecule is CCCCCC[C@H](C/C=C\CCCCCCCC[Se]CCC(=O)NCc1ccc(O)c(OC)c1)OC(=O)Cc1ccccc1. The van der Waals surface area contributed by atoms with Gasteiger partial charge in [0.05, 0.1) is 6.42 Å². The molecule has 0 saturated heterocycles. The van der Waals surface area contributed by atoms with Crippen molar-refractivity contribution in [2.24, 2.45) is 0 Å². The van der Waals surface area contributed by atoms with Crippen LogP contribution in [0.4, 0.5) is 0 Å². The second kappa shape index (κ2) is 24.5. The van der Waals surface area contributed by atoms with E-state index in [0.29, 0.717) is 40.1 Å². The number of aromatic hydroxyl groups is 1. The Kier molecular flexibility index (Phi) is 20.9. The fraction of sp³-hybridized carbons (Fsp3) is 0.568. The van der Waals surface area contributed by atoms with Crippen molar-refractivity contribution in [1.29, 1.82) is 0 Å². The maximum Gasteiger partial charge on any atom is 0.310 e. The number of esters is 1. The number of amides is 1. The van der Waals surface area contributed by atoms with E-state index in [1.165, 1.54) is 70.2 Å². The van der Waals surface area contributed by atoms with Crippen molar-refractivity contribution < 1.29 is 24.2 Å². The average molecular weight is 673 g/mol. The Morgan fingerprint density at radius 3 is 2.41 bits per heavy atom. The Morgan fingerprint density at radius 1 is 0.886 bits per heavy atom. The van der Waals surface area contributed by atoms with Crippen molar-refractivity contribution in [3.05, 3.63) is 71.8 Å². The van der Waals surface area contributed by atoms with Crippen LogP contribution in [0.5, 0.6) is 11.5 Å². The quantitative estimate of drug-likeness (QED) is 0.0477. The number of carbonyl (C=O) groups is 2. The molecule has 0 radical (unpaired) electrons. The standard InChI is InChI=1S/C37H55NO5Se/c1-3-4-5-16-21-33(43-37(41)29-31-19-14-13-15-20-31)22-17-11-9-7-6-8-10-12-18-26-44-27-25-36(40)38-30-32-23-24-34(39)35(28-32)42-2/h11,13-15,17,19-20,23-24,28,33,39H,3-10,12,16,18,21-22,25-27,29-30H2,1-2H3,(H,38,40)/b17-11-/t33-/m1/s1. The minimum atomic E-state index is -0.125. The van der Waals surface area contributed by atoms with Gasteiger partial charge in [-0.25, -0.2) is 0 Å². The molecular weight excluding hydrogens is 617 g/mol. The topological polar surface area (TPSA) is 84.9 Å². The van der Waals surface area contributed by atoms with Crippen molar-refractivity contribution >= 4 is 26.8 Å². The molecule has 6 nitrogen and oxygen atoms in total. The second-order valence-electron chi connectivity index (χ2n) is 11.4. The van der Waals surface area contributed by atoms with Crippen LogP contribution in [0.2, 0.25) is 10.6 Å². The summed E-state index contributed by atoms with van der Waals surface area (Å²) in [6.07, 6.45) is 20.6. The van der Waals surface area contributed by atoms with E-state index in [4.69, 9.17) is 9.47 Å². The fourth-order valence-corrected chi connectivity index (χ4v) is 6.92. The Morgan fingerprint density at radius 2 is 1.64 bits per heavy atom. The van der Waals surface area contributed by atoms with Gasteiger partial charge in [-0.3, -0.25) is 4.79 Å². The molecule has 2 aromatic rings. The molecule has 0 aliphatic carbocycles. The Balaban J connectivity index is 1.46. The number of phenolic OH excluding ortho intramolecular Hbond substituents is 1. The minimum absolute atomic E-state index is 0.0228. The molecule has 0 aromatic heterocycles. The van der Waals surface area contributed by atoms with Gasteiger partial charge in [0.1, 0.15) is 0 Å². The molecule has 2 aromatic carbocycles. The van der Waals surface area contributed by atoms with Crippen molar-refractivity contribution in [3.8, 4) is 11.5 Å². The Hall–Kier alpha value is -2.76. The number of rotatable bonds is 25. The van der Waals surface area contributed by atoms with E-state index in [1.54, 1.807) is 18.2 Å². The summed E-state index contributed by atoms with van der Waals surface area (Å²) >= 11 is 0.521. The van der Waals surface area contributed by atoms with Crippen molar-refractivity contribution in [3.63, 3.8) is 0 Å². The summed E-state index contributed by atoms with van der Waals surface area (Å²) in [5.74, 6) is 0.483. The largest absolute Gasteiger partial charge is 0.462 e. The molecule has 1 atom stereocenters. The van der Waals surface area contributed by atoms with Crippen LogP contribution in [0.25, 0.3) is 0 Å². The van der Waals surface area contributed by atoms with Gasteiger partial charge in [-0.05, 0) is 18.4 Å². The van der Waals surface area contributed by atoms with E-state index in [1.807, 2.05) is 30.3 Å². The third-order valence-corrected chi connectivity index (χ3v) is 9.80. The number of benzene rings is 2. The molecule has 7 heteroatoms. The van der Waals surface area contributed by atoms with E-state index in [0.717, 1.165) is 42.1 Å². The van der Waals surface area contributed by atoms with Crippen molar-refractivity contribution in [2.45, 2.75) is 127 Å². The van der Waals surface area contributed by atoms with Crippen molar-refractivity contribution in [1.82, 2.24) is 5.32 Å². The number of hydrogen-bond acceptors (Lipinski definition) is 5. The van der Waals surface area contributed by atoms with Crippen LogP contribution >= 0.6 is 0 Å². The molecule has 0 spiro atoms. The molecule has 2 N–H and O–H groups in total. The summed E-state index contributed by atoms with van der Waals surface area (Å²) in [6, 6.07) is 15.0. The van der Waals surface area contributed by atoms with Gasteiger partial charge in [-0.1, -0.05) is 56.5 Å². The van der Waals surface area contributed by atoms with Gasteiger partial charge >= 0.3 is 182 Å². The summed E-state index contributed by atoms with van der Waals surface area (Å²) in [5.41, 5.74) is 1.91. The first-order valence-electron chi connectivity index (χ1n) is 16.6. The normalized spacial score (nSPS) is 11.9. The first-order chi connectivity index (χ1) is 21.5. The van der Waals surface area contributed by atoms with Crippen molar-refractivity contribution in [2.75, 3.05) is 7.11 Å². The molecule has 244 valence electrons. The second-order valence-corrected chi connectivity index (χ2v) is 14.0. The first-order valence-corrected chi connectivity index (χ1v) is 19.0. The first kappa shape index (κ1) is 37.4. The number of allylic oxidation sites excluding steroid dienone is 1. The number of nitrogens with one attached hydrogen (secondary N) is 1. The molecular formula is C37H55NO5Se. The van der Waals surface area contributed by atoms with Crippen LogP contribution in [0.1, 0.15) is 108 Å². The maximum absolute atomic E-state index is 12.5.